The monoisotopic (exact) mass is 1800 g/mol. The number of benzene rings is 26. The van der Waals surface area contributed by atoms with Crippen molar-refractivity contribution in [2.24, 2.45) is 0 Å². The third-order valence-electron chi connectivity index (χ3n) is 30.6. The van der Waals surface area contributed by atoms with Crippen molar-refractivity contribution >= 4 is 239 Å². The number of rotatable bonds is 7. The lowest BCUT2D eigenvalue weighted by molar-refractivity contribution is 1.17. The fraction of sp³-hybridized carbons (Fsp3) is 0. The van der Waals surface area contributed by atoms with Gasteiger partial charge in [0.1, 0.15) is 0 Å². The van der Waals surface area contributed by atoms with Crippen LogP contribution in [0.3, 0.4) is 0 Å². The lowest BCUT2D eigenvalue weighted by atomic mass is 10.00. The van der Waals surface area contributed by atoms with Gasteiger partial charge in [-0.15, -0.1) is 0 Å². The molecule has 0 unspecified atom stereocenters. The largest absolute Gasteiger partial charge is 0.309 e. The van der Waals surface area contributed by atoms with Gasteiger partial charge in [0.05, 0.1) is 66.2 Å². The van der Waals surface area contributed by atoms with Crippen LogP contribution in [0.1, 0.15) is 0 Å². The molecule has 142 heavy (non-hydrogen) atoms. The molecular weight excluding hydrogens is 1720 g/mol. The highest BCUT2D eigenvalue weighted by molar-refractivity contribution is 6.33. The van der Waals surface area contributed by atoms with Crippen LogP contribution in [0.25, 0.3) is 284 Å². The molecule has 26 aromatic carbocycles. The molecule has 0 bridgehead atoms. The molecule has 6 heteroatoms. The second-order valence-corrected chi connectivity index (χ2v) is 38.1. The van der Waals surface area contributed by atoms with E-state index in [2.05, 4.69) is 537 Å². The Kier molecular flexibility index (Phi) is 17.5. The molecule has 0 radical (unpaired) electrons. The van der Waals surface area contributed by atoms with Gasteiger partial charge in [0.2, 0.25) is 0 Å². The highest BCUT2D eigenvalue weighted by Gasteiger charge is 2.27. The first-order chi connectivity index (χ1) is 70.5. The predicted molar refractivity (Wildman–Crippen MR) is 606 cm³/mol. The van der Waals surface area contributed by atoms with Gasteiger partial charge in [-0.3, -0.25) is 0 Å². The molecule has 0 aliphatic heterocycles. The highest BCUT2D eigenvalue weighted by Crippen LogP contribution is 2.49. The normalized spacial score (nSPS) is 12.1. The summed E-state index contributed by atoms with van der Waals surface area (Å²) >= 11 is 0. The van der Waals surface area contributed by atoms with Crippen molar-refractivity contribution in [3.05, 3.63) is 510 Å². The minimum absolute atomic E-state index is 1.16. The van der Waals surface area contributed by atoms with Crippen molar-refractivity contribution in [2.45, 2.75) is 0 Å². The van der Waals surface area contributed by atoms with E-state index in [0.717, 1.165) is 11.4 Å². The number of para-hydroxylation sites is 2. The molecule has 0 amide bonds. The summed E-state index contributed by atoms with van der Waals surface area (Å²) in [5, 5.41) is 40.8. The fourth-order valence-corrected chi connectivity index (χ4v) is 24.3. The minimum atomic E-state index is 1.16. The van der Waals surface area contributed by atoms with Crippen LogP contribution in [-0.4, -0.2) is 27.4 Å². The van der Waals surface area contributed by atoms with Crippen LogP contribution in [0, 0.1) is 0 Å². The van der Waals surface area contributed by atoms with E-state index in [1.54, 1.807) is 0 Å². The van der Waals surface area contributed by atoms with E-state index in [4.69, 9.17) is 0 Å². The molecule has 6 nitrogen and oxygen atoms in total. The molecule has 0 spiro atoms. The van der Waals surface area contributed by atoms with Crippen molar-refractivity contribution in [3.8, 4) is 45.3 Å². The van der Waals surface area contributed by atoms with E-state index >= 15 is 0 Å². The van der Waals surface area contributed by atoms with Gasteiger partial charge in [0, 0.05) is 98.8 Å². The maximum absolute atomic E-state index is 2.48. The van der Waals surface area contributed by atoms with Gasteiger partial charge in [0.15, 0.2) is 0 Å². The Balaban J connectivity index is 0.0000000998. The van der Waals surface area contributed by atoms with Crippen molar-refractivity contribution in [1.82, 2.24) is 27.4 Å². The van der Waals surface area contributed by atoms with Crippen molar-refractivity contribution in [3.63, 3.8) is 0 Å². The summed E-state index contributed by atoms with van der Waals surface area (Å²) in [5.41, 5.74) is 24.1. The maximum atomic E-state index is 2.48. The molecule has 32 aromatic rings. The summed E-state index contributed by atoms with van der Waals surface area (Å²) in [6.45, 7) is 0. The summed E-state index contributed by atoms with van der Waals surface area (Å²) in [6, 6.07) is 187. The molecule has 0 N–H and O–H groups in total. The first kappa shape index (κ1) is 79.3. The molecule has 0 atom stereocenters. The van der Waals surface area contributed by atoms with Crippen LogP contribution in [0.15, 0.2) is 510 Å². The molecule has 0 saturated carbocycles. The second kappa shape index (κ2) is 31.3. The lowest BCUT2D eigenvalue weighted by Gasteiger charge is -2.11. The van der Waals surface area contributed by atoms with E-state index in [0.29, 0.717) is 0 Å². The van der Waals surface area contributed by atoms with Gasteiger partial charge in [-0.25, -0.2) is 0 Å². The van der Waals surface area contributed by atoms with Crippen LogP contribution >= 0.6 is 0 Å². The summed E-state index contributed by atoms with van der Waals surface area (Å²) < 4.78 is 14.7. The van der Waals surface area contributed by atoms with Crippen LogP contribution in [0.5, 0.6) is 0 Å². The average molecular weight is 1800 g/mol. The summed E-state index contributed by atoms with van der Waals surface area (Å²) in [5.74, 6) is 0. The SMILES string of the molecule is c1ccc(-n2c3ccc(-n4c5ccc6ccccc6c5c5c6ccccc6ccc54)cc3c3c4ccccc4ccc32)cc1.c1ccc2cc(-c3ccc(-n4c5ccccc5c5cc(-n6c7ccc8ccccc8c7c7c8ccccc8ccc76)ccc54)cc3)ccc2c1.c1ccc2cc(-n3c4ccc(-n5c6ccc7ccccc7c6c6c7ccccc7ccc65)cc4c4c5ccccc5ccc43)ccc2c1. The number of aromatic nitrogens is 6. The molecular formula is C136H84N6. The average Bonchev–Trinajstić information content (AvgIpc) is 1.55. The third kappa shape index (κ3) is 12.0. The van der Waals surface area contributed by atoms with Gasteiger partial charge in [-0.1, -0.05) is 358 Å². The Morgan fingerprint density at radius 3 is 0.662 bits per heavy atom. The zero-order chi connectivity index (χ0) is 92.9. The lowest BCUT2D eigenvalue weighted by Crippen LogP contribution is -1.96. The highest BCUT2D eigenvalue weighted by atomic mass is 15.0. The Morgan fingerprint density at radius 1 is 0.0915 bits per heavy atom. The summed E-state index contributed by atoms with van der Waals surface area (Å²) in [6.07, 6.45) is 0. The molecule has 0 aliphatic carbocycles. The zero-order valence-corrected chi connectivity index (χ0v) is 77.2. The minimum Gasteiger partial charge on any atom is -0.309 e. The standard InChI is InChI=1S/C48H30N2.C46H28N2.C42H26N2/c1-2-12-35-29-36(18-17-31(35)9-1)32-19-23-37(24-20-32)49-43-16-8-7-15-41(43)42-30-38(25-28-44(42)49)50-45-26-21-33-10-3-5-13-39(33)47(45)48-40-14-6-4-11-34(40)22-27-46(48)50;1-2-13-33-27-34(21-17-29(33)9-1)47-40-26-22-35(28-39(40)44-36-14-6-3-10-30(36)18-23-41(44)47)48-42-24-19-31-11-4-7-15-37(31)45(42)46-38-16-8-5-12-32(38)20-25-43(46)48;1-2-13-30(14-3-1)43-36-25-21-31(26-35(36)40-32-15-7-4-10-27(32)18-22-37(40)43)44-38-23-19-28-11-5-8-16-33(28)41(38)42-34-17-9-6-12-29(34)20-24-39(42)44/h1-30H;1-28H;1-26H. The first-order valence-corrected chi connectivity index (χ1v) is 49.1. The van der Waals surface area contributed by atoms with Gasteiger partial charge in [-0.05, 0) is 271 Å². The molecule has 0 aliphatic rings. The maximum Gasteiger partial charge on any atom is 0.0547 e. The third-order valence-corrected chi connectivity index (χ3v) is 30.6. The van der Waals surface area contributed by atoms with Gasteiger partial charge < -0.3 is 27.4 Å². The second-order valence-electron chi connectivity index (χ2n) is 38.1. The number of fused-ring (bicyclic) bond motifs is 36. The number of hydrogen-bond acceptors (Lipinski definition) is 0. The molecule has 658 valence electrons. The van der Waals surface area contributed by atoms with Crippen LogP contribution in [0.4, 0.5) is 0 Å². The predicted octanol–water partition coefficient (Wildman–Crippen LogP) is 36.8. The van der Waals surface area contributed by atoms with E-state index in [-0.39, 0.29) is 0 Å². The van der Waals surface area contributed by atoms with Crippen LogP contribution < -0.4 is 0 Å². The summed E-state index contributed by atoms with van der Waals surface area (Å²) in [4.78, 5) is 0. The van der Waals surface area contributed by atoms with Gasteiger partial charge in [0.25, 0.3) is 0 Å². The fourth-order valence-electron chi connectivity index (χ4n) is 24.3. The Labute approximate surface area is 814 Å². The van der Waals surface area contributed by atoms with E-state index in [9.17, 15) is 0 Å². The van der Waals surface area contributed by atoms with Crippen molar-refractivity contribution in [2.75, 3.05) is 0 Å². The molecule has 6 aromatic heterocycles. The zero-order valence-electron chi connectivity index (χ0n) is 77.2. The quantitative estimate of drug-likeness (QED) is 0.152. The Morgan fingerprint density at radius 2 is 0.296 bits per heavy atom. The number of hydrogen-bond donors (Lipinski definition) is 0. The van der Waals surface area contributed by atoms with E-state index in [1.807, 2.05) is 0 Å². The molecule has 0 fully saturated rings. The van der Waals surface area contributed by atoms with Crippen molar-refractivity contribution < 1.29 is 0 Å². The van der Waals surface area contributed by atoms with Gasteiger partial charge >= 0.3 is 0 Å². The van der Waals surface area contributed by atoms with Crippen molar-refractivity contribution in [1.29, 1.82) is 0 Å². The molecule has 0 saturated heterocycles. The summed E-state index contributed by atoms with van der Waals surface area (Å²) in [7, 11) is 0. The van der Waals surface area contributed by atoms with Gasteiger partial charge in [-0.2, -0.15) is 0 Å². The number of nitrogens with zero attached hydrogens (tertiary/aromatic N) is 6. The molecule has 32 rings (SSSR count). The van der Waals surface area contributed by atoms with E-state index in [1.165, 1.54) is 272 Å². The topological polar surface area (TPSA) is 29.6 Å². The Bertz CT molecular complexity index is 10700. The van der Waals surface area contributed by atoms with Crippen LogP contribution in [0.2, 0.25) is 0 Å². The first-order valence-electron chi connectivity index (χ1n) is 49.1. The van der Waals surface area contributed by atoms with Crippen LogP contribution in [-0.2, 0) is 0 Å². The van der Waals surface area contributed by atoms with E-state index < -0.39 is 0 Å². The molecule has 6 heterocycles. The smallest absolute Gasteiger partial charge is 0.0547 e. The Hall–Kier alpha value is -18.9.